The molecule has 0 fully saturated rings. The molecule has 0 saturated heterocycles. The van der Waals surface area contributed by atoms with Crippen LogP contribution in [0.3, 0.4) is 0 Å². The van der Waals surface area contributed by atoms with Crippen molar-refractivity contribution in [3.8, 4) is 0 Å². The van der Waals surface area contributed by atoms with Gasteiger partial charge in [-0.05, 0) is 12.8 Å². The summed E-state index contributed by atoms with van der Waals surface area (Å²) in [5.74, 6) is 0. The maximum absolute atomic E-state index is 5.99. The predicted octanol–water partition coefficient (Wildman–Crippen LogP) is 2.11. The normalized spacial score (nSPS) is 12.9. The number of hydrogen-bond donors (Lipinski definition) is 1. The van der Waals surface area contributed by atoms with E-state index >= 15 is 0 Å². The molecule has 0 unspecified atom stereocenters. The Morgan fingerprint density at radius 1 is 1.44 bits per heavy atom. The smallest absolute Gasteiger partial charge is 0.0949 e. The molecule has 0 aliphatic rings. The lowest BCUT2D eigenvalue weighted by molar-refractivity contribution is 0.122. The second kappa shape index (κ2) is 7.41. The van der Waals surface area contributed by atoms with Gasteiger partial charge in [0.05, 0.1) is 18.6 Å². The van der Waals surface area contributed by atoms with E-state index in [1.165, 1.54) is 6.42 Å². The number of nitrogens with zero attached hydrogens (tertiary/aromatic N) is 2. The second-order valence-electron chi connectivity index (χ2n) is 3.99. The molecule has 0 aliphatic heterocycles. The van der Waals surface area contributed by atoms with Crippen LogP contribution in [0.25, 0.3) is 0 Å². The molecular formula is C12H23N3O. The van der Waals surface area contributed by atoms with Gasteiger partial charge < -0.3 is 15.0 Å². The quantitative estimate of drug-likeness (QED) is 0.689. The van der Waals surface area contributed by atoms with Crippen molar-refractivity contribution in [2.75, 3.05) is 13.2 Å². The van der Waals surface area contributed by atoms with Gasteiger partial charge in [-0.25, -0.2) is 4.98 Å². The molecule has 1 heterocycles. The summed E-state index contributed by atoms with van der Waals surface area (Å²) < 4.78 is 7.61. The Morgan fingerprint density at radius 2 is 2.25 bits per heavy atom. The van der Waals surface area contributed by atoms with E-state index in [0.717, 1.165) is 38.3 Å². The first-order chi connectivity index (χ1) is 7.79. The third-order valence-corrected chi connectivity index (χ3v) is 2.68. The molecule has 1 rings (SSSR count). The standard InChI is InChI=1S/C12H23N3O/c1-3-5-7-16-8-6-15-10-14-9-12(15)11(13)4-2/h9-11H,3-8,13H2,1-2H3/t11-/m1/s1. The summed E-state index contributed by atoms with van der Waals surface area (Å²) in [6, 6.07) is 0.0816. The van der Waals surface area contributed by atoms with Gasteiger partial charge in [-0.3, -0.25) is 0 Å². The number of ether oxygens (including phenoxy) is 1. The van der Waals surface area contributed by atoms with E-state index in [2.05, 4.69) is 23.4 Å². The van der Waals surface area contributed by atoms with Crippen LogP contribution in [-0.2, 0) is 11.3 Å². The highest BCUT2D eigenvalue weighted by Crippen LogP contribution is 2.12. The number of imidazole rings is 1. The molecule has 0 spiro atoms. The van der Waals surface area contributed by atoms with E-state index in [1.807, 2.05) is 12.5 Å². The van der Waals surface area contributed by atoms with Crippen molar-refractivity contribution in [2.24, 2.45) is 5.73 Å². The summed E-state index contributed by atoms with van der Waals surface area (Å²) in [6.45, 7) is 6.67. The van der Waals surface area contributed by atoms with Gasteiger partial charge in [0.25, 0.3) is 0 Å². The first kappa shape index (κ1) is 13.2. The molecule has 0 aromatic carbocycles. The third-order valence-electron chi connectivity index (χ3n) is 2.68. The SMILES string of the molecule is CCCCOCCn1cncc1[C@H](N)CC. The molecule has 0 saturated carbocycles. The van der Waals surface area contributed by atoms with E-state index < -0.39 is 0 Å². The first-order valence-electron chi connectivity index (χ1n) is 6.12. The summed E-state index contributed by atoms with van der Waals surface area (Å²) in [5.41, 5.74) is 7.09. The van der Waals surface area contributed by atoms with Gasteiger partial charge in [0.1, 0.15) is 0 Å². The van der Waals surface area contributed by atoms with Crippen molar-refractivity contribution >= 4 is 0 Å². The molecule has 2 N–H and O–H groups in total. The van der Waals surface area contributed by atoms with Crippen LogP contribution in [0.2, 0.25) is 0 Å². The Hall–Kier alpha value is -0.870. The third kappa shape index (κ3) is 3.94. The van der Waals surface area contributed by atoms with Crippen molar-refractivity contribution in [1.82, 2.24) is 9.55 Å². The molecule has 0 radical (unpaired) electrons. The van der Waals surface area contributed by atoms with Gasteiger partial charge in [0.15, 0.2) is 0 Å². The number of hydrogen-bond acceptors (Lipinski definition) is 3. The summed E-state index contributed by atoms with van der Waals surface area (Å²) in [4.78, 5) is 4.13. The largest absolute Gasteiger partial charge is 0.380 e. The van der Waals surface area contributed by atoms with Crippen LogP contribution in [0.5, 0.6) is 0 Å². The van der Waals surface area contributed by atoms with Crippen molar-refractivity contribution in [2.45, 2.75) is 45.7 Å². The summed E-state index contributed by atoms with van der Waals surface area (Å²) >= 11 is 0. The van der Waals surface area contributed by atoms with Crippen molar-refractivity contribution in [3.63, 3.8) is 0 Å². The van der Waals surface area contributed by atoms with Crippen LogP contribution in [0, 0.1) is 0 Å². The Balaban J connectivity index is 2.33. The minimum Gasteiger partial charge on any atom is -0.380 e. The van der Waals surface area contributed by atoms with E-state index in [0.29, 0.717) is 0 Å². The zero-order valence-electron chi connectivity index (χ0n) is 10.4. The topological polar surface area (TPSA) is 53.1 Å². The Labute approximate surface area is 97.8 Å². The van der Waals surface area contributed by atoms with E-state index in [4.69, 9.17) is 10.5 Å². The second-order valence-corrected chi connectivity index (χ2v) is 3.99. The molecule has 0 bridgehead atoms. The number of aromatic nitrogens is 2. The van der Waals surface area contributed by atoms with Crippen LogP contribution >= 0.6 is 0 Å². The van der Waals surface area contributed by atoms with E-state index in [1.54, 1.807) is 0 Å². The van der Waals surface area contributed by atoms with Crippen LogP contribution in [0.15, 0.2) is 12.5 Å². The molecule has 1 aromatic rings. The van der Waals surface area contributed by atoms with Crippen LogP contribution < -0.4 is 5.73 Å². The summed E-state index contributed by atoms with van der Waals surface area (Å²) in [7, 11) is 0. The minimum atomic E-state index is 0.0816. The monoisotopic (exact) mass is 225 g/mol. The van der Waals surface area contributed by atoms with Gasteiger partial charge in [0.2, 0.25) is 0 Å². The zero-order chi connectivity index (χ0) is 11.8. The Kier molecular flexibility index (Phi) is 6.11. The van der Waals surface area contributed by atoms with Crippen LogP contribution in [0.1, 0.15) is 44.8 Å². The molecule has 92 valence electrons. The molecule has 1 atom stereocenters. The maximum atomic E-state index is 5.99. The fourth-order valence-corrected chi connectivity index (χ4v) is 1.55. The van der Waals surface area contributed by atoms with Crippen molar-refractivity contribution in [1.29, 1.82) is 0 Å². The molecule has 0 aliphatic carbocycles. The molecular weight excluding hydrogens is 202 g/mol. The Morgan fingerprint density at radius 3 is 2.94 bits per heavy atom. The van der Waals surface area contributed by atoms with Gasteiger partial charge >= 0.3 is 0 Å². The first-order valence-corrected chi connectivity index (χ1v) is 6.12. The van der Waals surface area contributed by atoms with Gasteiger partial charge in [0, 0.05) is 25.4 Å². The van der Waals surface area contributed by atoms with Crippen LogP contribution in [0.4, 0.5) is 0 Å². The minimum absolute atomic E-state index is 0.0816. The van der Waals surface area contributed by atoms with E-state index in [-0.39, 0.29) is 6.04 Å². The molecule has 4 heteroatoms. The lowest BCUT2D eigenvalue weighted by Crippen LogP contribution is -2.16. The molecule has 0 amide bonds. The number of rotatable bonds is 8. The molecule has 16 heavy (non-hydrogen) atoms. The molecule has 1 aromatic heterocycles. The van der Waals surface area contributed by atoms with E-state index in [9.17, 15) is 0 Å². The summed E-state index contributed by atoms with van der Waals surface area (Å²) in [5, 5.41) is 0. The highest BCUT2D eigenvalue weighted by atomic mass is 16.5. The Bertz CT molecular complexity index is 286. The van der Waals surface area contributed by atoms with Gasteiger partial charge in [-0.2, -0.15) is 0 Å². The lowest BCUT2D eigenvalue weighted by atomic mass is 10.2. The summed E-state index contributed by atoms with van der Waals surface area (Å²) in [6.07, 6.45) is 6.92. The highest BCUT2D eigenvalue weighted by molar-refractivity contribution is 5.04. The predicted molar refractivity (Wildman–Crippen MR) is 65.2 cm³/mol. The number of unbranched alkanes of at least 4 members (excludes halogenated alkanes) is 1. The fraction of sp³-hybridized carbons (Fsp3) is 0.750. The average molecular weight is 225 g/mol. The lowest BCUT2D eigenvalue weighted by Gasteiger charge is -2.12. The zero-order valence-corrected chi connectivity index (χ0v) is 10.4. The van der Waals surface area contributed by atoms with Gasteiger partial charge in [-0.15, -0.1) is 0 Å². The van der Waals surface area contributed by atoms with Crippen molar-refractivity contribution < 1.29 is 4.74 Å². The highest BCUT2D eigenvalue weighted by Gasteiger charge is 2.08. The average Bonchev–Trinajstić information content (AvgIpc) is 2.76. The van der Waals surface area contributed by atoms with Crippen LogP contribution in [-0.4, -0.2) is 22.8 Å². The molecule has 4 nitrogen and oxygen atoms in total. The van der Waals surface area contributed by atoms with Gasteiger partial charge in [-0.1, -0.05) is 20.3 Å². The maximum Gasteiger partial charge on any atom is 0.0949 e. The van der Waals surface area contributed by atoms with Crippen molar-refractivity contribution in [3.05, 3.63) is 18.2 Å². The fourth-order valence-electron chi connectivity index (χ4n) is 1.55. The number of nitrogens with two attached hydrogens (primary N) is 1.